The SMILES string of the molecule is CC(C)(C)OC(=O)N1C2CCC1CC(O)C2.Fc1ccc(OC2CC3CCC(C2)N3)cc1.Oc1ccc(F)cc1. The highest BCUT2D eigenvalue weighted by molar-refractivity contribution is 5.69. The molecule has 0 saturated carbocycles. The summed E-state index contributed by atoms with van der Waals surface area (Å²) in [5.74, 6) is 0.333. The minimum absolute atomic E-state index is 0.0893. The second-order valence-corrected chi connectivity index (χ2v) is 12.2. The van der Waals surface area contributed by atoms with Gasteiger partial charge in [-0.25, -0.2) is 13.6 Å². The van der Waals surface area contributed by atoms with E-state index in [1.807, 2.05) is 25.7 Å². The molecule has 220 valence electrons. The normalized spacial score (nSPS) is 28.5. The van der Waals surface area contributed by atoms with Gasteiger partial charge in [-0.3, -0.25) is 0 Å². The van der Waals surface area contributed by atoms with E-state index in [-0.39, 0.29) is 41.7 Å². The van der Waals surface area contributed by atoms with Gasteiger partial charge < -0.3 is 29.9 Å². The summed E-state index contributed by atoms with van der Waals surface area (Å²) in [5.41, 5.74) is -0.438. The number of amides is 1. The van der Waals surface area contributed by atoms with E-state index in [1.54, 1.807) is 12.1 Å². The molecule has 1 amide bonds. The van der Waals surface area contributed by atoms with Crippen LogP contribution in [0.5, 0.6) is 11.5 Å². The number of fused-ring (bicyclic) bond motifs is 4. The molecule has 4 aliphatic heterocycles. The van der Waals surface area contributed by atoms with Crippen LogP contribution in [-0.4, -0.2) is 63.2 Å². The van der Waals surface area contributed by atoms with Crippen molar-refractivity contribution in [1.82, 2.24) is 10.2 Å². The fraction of sp³-hybridized carbons (Fsp3) is 0.581. The Bertz CT molecular complexity index is 1050. The molecule has 9 heteroatoms. The summed E-state index contributed by atoms with van der Waals surface area (Å²) in [5, 5.41) is 21.8. The Kier molecular flexibility index (Phi) is 9.90. The number of hydrogen-bond acceptors (Lipinski definition) is 6. The molecule has 4 saturated heterocycles. The largest absolute Gasteiger partial charge is 0.508 e. The molecule has 4 fully saturated rings. The van der Waals surface area contributed by atoms with Crippen LogP contribution in [0.2, 0.25) is 0 Å². The molecule has 4 heterocycles. The predicted molar refractivity (Wildman–Crippen MR) is 148 cm³/mol. The van der Waals surface area contributed by atoms with Gasteiger partial charge in [-0.15, -0.1) is 0 Å². The van der Waals surface area contributed by atoms with E-state index in [4.69, 9.17) is 14.6 Å². The van der Waals surface area contributed by atoms with Crippen molar-refractivity contribution in [1.29, 1.82) is 0 Å². The number of aromatic hydroxyl groups is 1. The Morgan fingerprint density at radius 3 is 1.82 bits per heavy atom. The van der Waals surface area contributed by atoms with Crippen LogP contribution in [0.4, 0.5) is 13.6 Å². The van der Waals surface area contributed by atoms with Crippen LogP contribution in [0, 0.1) is 11.6 Å². The Hall–Kier alpha value is -2.91. The maximum atomic E-state index is 12.7. The lowest BCUT2D eigenvalue weighted by molar-refractivity contribution is -0.0110. The summed E-state index contributed by atoms with van der Waals surface area (Å²) >= 11 is 0. The molecular weight excluding hydrogens is 518 g/mol. The average Bonchev–Trinajstić information content (AvgIpc) is 3.37. The van der Waals surface area contributed by atoms with Gasteiger partial charge in [-0.05, 0) is 121 Å². The maximum absolute atomic E-state index is 12.7. The number of nitrogens with zero attached hydrogens (tertiary/aromatic N) is 1. The highest BCUT2D eigenvalue weighted by atomic mass is 19.1. The zero-order chi connectivity index (χ0) is 28.9. The van der Waals surface area contributed by atoms with Gasteiger partial charge in [0.1, 0.15) is 34.8 Å². The molecular formula is C31H42F2N2O5. The standard InChI is InChI=1S/C13H16FNO.C12H21NO3.C6H5FO/c14-9-1-5-12(6-2-9)16-13-7-10-3-4-11(8-13)15-10;1-12(2,3)16-11(15)13-8-4-5-9(13)7-10(14)6-8;7-5-1-3-6(8)4-2-5/h1-2,5-6,10-11,13,15H,3-4,7-8H2;8-10,14H,4-7H2,1-3H3;1-4,8H. The summed E-state index contributed by atoms with van der Waals surface area (Å²) < 4.78 is 36.0. The van der Waals surface area contributed by atoms with E-state index in [9.17, 15) is 18.7 Å². The Balaban J connectivity index is 0.000000147. The first-order chi connectivity index (χ1) is 18.9. The molecule has 3 N–H and O–H groups in total. The molecule has 7 nitrogen and oxygen atoms in total. The van der Waals surface area contributed by atoms with E-state index in [0.717, 1.165) is 31.4 Å². The van der Waals surface area contributed by atoms with Crippen molar-refractivity contribution in [2.24, 2.45) is 0 Å². The van der Waals surface area contributed by atoms with Gasteiger partial charge in [0.2, 0.25) is 0 Å². The molecule has 4 aliphatic rings. The third-order valence-corrected chi connectivity index (χ3v) is 7.69. The van der Waals surface area contributed by atoms with Crippen molar-refractivity contribution in [2.75, 3.05) is 0 Å². The minimum atomic E-state index is -0.438. The highest BCUT2D eigenvalue weighted by Crippen LogP contribution is 2.36. The zero-order valence-electron chi connectivity index (χ0n) is 23.6. The molecule has 4 unspecified atom stereocenters. The van der Waals surface area contributed by atoms with Gasteiger partial charge in [-0.2, -0.15) is 0 Å². The molecule has 0 aliphatic carbocycles. The van der Waals surface area contributed by atoms with E-state index in [1.165, 1.54) is 49.2 Å². The van der Waals surface area contributed by atoms with Crippen LogP contribution in [0.1, 0.15) is 72.1 Å². The number of aliphatic hydroxyl groups is 1. The van der Waals surface area contributed by atoms with Crippen molar-refractivity contribution in [3.05, 3.63) is 60.2 Å². The smallest absolute Gasteiger partial charge is 0.410 e. The van der Waals surface area contributed by atoms with Gasteiger partial charge in [-0.1, -0.05) is 0 Å². The van der Waals surface area contributed by atoms with Gasteiger partial charge in [0, 0.05) is 24.2 Å². The minimum Gasteiger partial charge on any atom is -0.508 e. The lowest BCUT2D eigenvalue weighted by Crippen LogP contribution is -2.49. The lowest BCUT2D eigenvalue weighted by atomic mass is 10.0. The lowest BCUT2D eigenvalue weighted by Gasteiger charge is -2.37. The van der Waals surface area contributed by atoms with Gasteiger partial charge in [0.05, 0.1) is 6.10 Å². The van der Waals surface area contributed by atoms with Gasteiger partial charge in [0.25, 0.3) is 0 Å². The van der Waals surface area contributed by atoms with Crippen LogP contribution in [0.25, 0.3) is 0 Å². The van der Waals surface area contributed by atoms with Crippen molar-refractivity contribution in [3.8, 4) is 11.5 Å². The average molecular weight is 561 g/mol. The first kappa shape index (κ1) is 30.1. The first-order valence-corrected chi connectivity index (χ1v) is 14.3. The predicted octanol–water partition coefficient (Wildman–Crippen LogP) is 5.93. The zero-order valence-corrected chi connectivity index (χ0v) is 23.6. The Morgan fingerprint density at radius 1 is 0.850 bits per heavy atom. The van der Waals surface area contributed by atoms with Crippen LogP contribution in [-0.2, 0) is 4.74 Å². The van der Waals surface area contributed by atoms with Crippen molar-refractivity contribution < 1.29 is 33.3 Å². The number of phenols is 1. The molecule has 0 radical (unpaired) electrons. The summed E-state index contributed by atoms with van der Waals surface area (Å²) in [6.45, 7) is 5.64. The number of carbonyl (C=O) groups is 1. The number of hydrogen-bond donors (Lipinski definition) is 3. The second kappa shape index (κ2) is 13.2. The van der Waals surface area contributed by atoms with Crippen molar-refractivity contribution in [2.45, 2.75) is 114 Å². The van der Waals surface area contributed by atoms with E-state index < -0.39 is 5.60 Å². The number of rotatable bonds is 2. The third kappa shape index (κ3) is 8.80. The molecule has 0 aromatic heterocycles. The van der Waals surface area contributed by atoms with Crippen LogP contribution < -0.4 is 10.1 Å². The third-order valence-electron chi connectivity index (χ3n) is 7.69. The van der Waals surface area contributed by atoms with Crippen molar-refractivity contribution in [3.63, 3.8) is 0 Å². The number of ether oxygens (including phenoxy) is 2. The summed E-state index contributed by atoms with van der Waals surface area (Å²) in [7, 11) is 0. The molecule has 2 aromatic rings. The van der Waals surface area contributed by atoms with Crippen molar-refractivity contribution >= 4 is 6.09 Å². The second-order valence-electron chi connectivity index (χ2n) is 12.2. The number of phenolic OH excluding ortho intramolecular Hbond substituents is 1. The summed E-state index contributed by atoms with van der Waals surface area (Å²) in [4.78, 5) is 13.8. The highest BCUT2D eigenvalue weighted by Gasteiger charge is 2.44. The van der Waals surface area contributed by atoms with Crippen LogP contribution in [0.3, 0.4) is 0 Å². The summed E-state index contributed by atoms with van der Waals surface area (Å²) in [6, 6.07) is 12.9. The quantitative estimate of drug-likeness (QED) is 0.422. The van der Waals surface area contributed by atoms with Crippen LogP contribution >= 0.6 is 0 Å². The number of piperidine rings is 2. The fourth-order valence-corrected chi connectivity index (χ4v) is 6.01. The maximum Gasteiger partial charge on any atom is 0.410 e. The number of nitrogens with one attached hydrogen (secondary N) is 1. The van der Waals surface area contributed by atoms with Crippen LogP contribution in [0.15, 0.2) is 48.5 Å². The van der Waals surface area contributed by atoms with E-state index >= 15 is 0 Å². The number of benzene rings is 2. The number of halogens is 2. The molecule has 40 heavy (non-hydrogen) atoms. The topological polar surface area (TPSA) is 91.3 Å². The fourth-order valence-electron chi connectivity index (χ4n) is 6.01. The Morgan fingerprint density at radius 2 is 1.35 bits per heavy atom. The molecule has 0 spiro atoms. The first-order valence-electron chi connectivity index (χ1n) is 14.3. The van der Waals surface area contributed by atoms with E-state index in [0.29, 0.717) is 31.0 Å². The number of carbonyl (C=O) groups excluding carboxylic acids is 1. The molecule has 4 bridgehead atoms. The van der Waals surface area contributed by atoms with Gasteiger partial charge in [0.15, 0.2) is 0 Å². The monoisotopic (exact) mass is 560 g/mol. The molecule has 4 atom stereocenters. The van der Waals surface area contributed by atoms with Gasteiger partial charge >= 0.3 is 6.09 Å². The number of aliphatic hydroxyl groups excluding tert-OH is 1. The molecule has 2 aromatic carbocycles. The Labute approximate surface area is 235 Å². The summed E-state index contributed by atoms with van der Waals surface area (Å²) in [6.07, 6.45) is 7.95. The molecule has 6 rings (SSSR count). The van der Waals surface area contributed by atoms with E-state index in [2.05, 4.69) is 5.32 Å².